The molecule has 2 aliphatic rings. The maximum atomic E-state index is 6.71. The Morgan fingerprint density at radius 2 is 1.04 bits per heavy atom. The molecule has 0 spiro atoms. The molecule has 0 atom stereocenters. The lowest BCUT2D eigenvalue weighted by Crippen LogP contribution is -2.44. The van der Waals surface area contributed by atoms with E-state index in [1.54, 1.807) is 0 Å². The van der Waals surface area contributed by atoms with E-state index in [4.69, 9.17) is 3.63 Å². The fraction of sp³-hybridized carbons (Fsp3) is 1.00. The zero-order chi connectivity index (χ0) is 18.2. The van der Waals surface area contributed by atoms with Crippen molar-refractivity contribution >= 4 is 20.6 Å². The third-order valence-corrected chi connectivity index (χ3v) is 10.5. The molecule has 2 saturated heterocycles. The van der Waals surface area contributed by atoms with Crippen LogP contribution in [0.4, 0.5) is 0 Å². The standard InChI is InChI=1S/C18H42N4OS2/c1-24(2,17-5-11-21-13-7-19-8-14-21)23-25(3,4)18-6-12-22-15-9-20-10-16-22/h19-20H,5-18H2,1-4H3. The van der Waals surface area contributed by atoms with Crippen LogP contribution in [0.2, 0.25) is 0 Å². The Labute approximate surface area is 159 Å². The number of rotatable bonds is 10. The molecule has 0 aromatic carbocycles. The molecule has 0 bridgehead atoms. The highest BCUT2D eigenvalue weighted by Gasteiger charge is 2.23. The van der Waals surface area contributed by atoms with Gasteiger partial charge in [-0.25, -0.2) is 0 Å². The molecule has 2 heterocycles. The van der Waals surface area contributed by atoms with Crippen LogP contribution < -0.4 is 10.6 Å². The lowest BCUT2D eigenvalue weighted by Gasteiger charge is -2.43. The fourth-order valence-corrected chi connectivity index (χ4v) is 9.89. The van der Waals surface area contributed by atoms with Crippen LogP contribution in [-0.4, -0.2) is 112 Å². The summed E-state index contributed by atoms with van der Waals surface area (Å²) in [5.41, 5.74) is 0. The lowest BCUT2D eigenvalue weighted by molar-refractivity contribution is 0.242. The van der Waals surface area contributed by atoms with E-state index in [1.165, 1.54) is 63.6 Å². The molecule has 25 heavy (non-hydrogen) atoms. The average Bonchev–Trinajstić information content (AvgIpc) is 2.55. The van der Waals surface area contributed by atoms with Gasteiger partial charge in [-0.1, -0.05) is 0 Å². The van der Waals surface area contributed by atoms with Gasteiger partial charge < -0.3 is 20.4 Å². The van der Waals surface area contributed by atoms with Crippen molar-refractivity contribution in [3.05, 3.63) is 0 Å². The molecule has 7 heteroatoms. The van der Waals surface area contributed by atoms with E-state index in [1.807, 2.05) is 0 Å². The molecule has 0 aliphatic carbocycles. The Balaban J connectivity index is 1.62. The number of piperazine rings is 2. The van der Waals surface area contributed by atoms with Crippen LogP contribution in [0.1, 0.15) is 12.8 Å². The highest BCUT2D eigenvalue weighted by Crippen LogP contribution is 2.58. The van der Waals surface area contributed by atoms with E-state index >= 15 is 0 Å². The summed E-state index contributed by atoms with van der Waals surface area (Å²) in [6, 6.07) is 0. The second-order valence-electron chi connectivity index (χ2n) is 8.24. The van der Waals surface area contributed by atoms with Gasteiger partial charge in [0.05, 0.1) is 0 Å². The summed E-state index contributed by atoms with van der Waals surface area (Å²) in [5, 5.41) is 6.86. The van der Waals surface area contributed by atoms with Gasteiger partial charge >= 0.3 is 0 Å². The largest absolute Gasteiger partial charge is 0.314 e. The van der Waals surface area contributed by atoms with Gasteiger partial charge in [-0.05, 0) is 51.0 Å². The van der Waals surface area contributed by atoms with Crippen molar-refractivity contribution in [3.8, 4) is 0 Å². The van der Waals surface area contributed by atoms with Crippen LogP contribution in [0.25, 0.3) is 0 Å². The SMILES string of the molecule is CS(C)(CCCN1CCNCC1)OS(C)(C)CCCN1CCNCC1. The Bertz CT molecular complexity index is 336. The molecule has 0 unspecified atom stereocenters. The Hall–Kier alpha value is 0.500. The third-order valence-electron chi connectivity index (χ3n) is 5.01. The van der Waals surface area contributed by atoms with E-state index < -0.39 is 20.6 Å². The first-order chi connectivity index (χ1) is 11.9. The molecule has 0 aromatic heterocycles. The molecule has 2 aliphatic heterocycles. The van der Waals surface area contributed by atoms with Crippen molar-refractivity contribution in [2.24, 2.45) is 0 Å². The first-order valence-corrected chi connectivity index (χ1v) is 14.9. The van der Waals surface area contributed by atoms with Crippen LogP contribution in [-0.2, 0) is 3.63 Å². The summed E-state index contributed by atoms with van der Waals surface area (Å²) in [4.78, 5) is 5.19. The lowest BCUT2D eigenvalue weighted by atomic mass is 10.3. The van der Waals surface area contributed by atoms with E-state index in [-0.39, 0.29) is 0 Å². The average molecular weight is 395 g/mol. The van der Waals surface area contributed by atoms with Gasteiger partial charge in [0, 0.05) is 63.9 Å². The molecule has 152 valence electrons. The van der Waals surface area contributed by atoms with Crippen LogP contribution >= 0.6 is 20.6 Å². The highest BCUT2D eigenvalue weighted by molar-refractivity contribution is 8.40. The van der Waals surface area contributed by atoms with Gasteiger partial charge in [-0.2, -0.15) is 0 Å². The molecule has 2 rings (SSSR count). The smallest absolute Gasteiger partial charge is 0.0107 e. The van der Waals surface area contributed by atoms with E-state index in [0.717, 1.165) is 26.2 Å². The molecule has 0 radical (unpaired) electrons. The molecule has 2 N–H and O–H groups in total. The van der Waals surface area contributed by atoms with E-state index in [9.17, 15) is 0 Å². The minimum absolute atomic E-state index is 0.924. The predicted molar refractivity (Wildman–Crippen MR) is 118 cm³/mol. The third kappa shape index (κ3) is 9.31. The minimum Gasteiger partial charge on any atom is -0.314 e. The van der Waals surface area contributed by atoms with Crippen LogP contribution in [0, 0.1) is 0 Å². The molecular formula is C18H42N4OS2. The molecule has 0 amide bonds. The number of nitrogens with zero attached hydrogens (tertiary/aromatic N) is 2. The van der Waals surface area contributed by atoms with Gasteiger partial charge in [-0.15, -0.1) is 20.6 Å². The monoisotopic (exact) mass is 394 g/mol. The Morgan fingerprint density at radius 1 is 0.680 bits per heavy atom. The molecular weight excluding hydrogens is 352 g/mol. The first-order valence-electron chi connectivity index (χ1n) is 9.86. The molecule has 0 aromatic rings. The van der Waals surface area contributed by atoms with Gasteiger partial charge in [0.15, 0.2) is 0 Å². The van der Waals surface area contributed by atoms with Crippen molar-refractivity contribution in [3.63, 3.8) is 0 Å². The normalized spacial score (nSPS) is 22.9. The maximum absolute atomic E-state index is 6.71. The van der Waals surface area contributed by atoms with Crippen molar-refractivity contribution < 1.29 is 3.63 Å². The van der Waals surface area contributed by atoms with Crippen LogP contribution in [0.15, 0.2) is 0 Å². The maximum Gasteiger partial charge on any atom is 0.0107 e. The summed E-state index contributed by atoms with van der Waals surface area (Å²) >= 11 is 0. The molecule has 0 saturated carbocycles. The van der Waals surface area contributed by atoms with Crippen molar-refractivity contribution in [2.75, 3.05) is 102 Å². The quantitative estimate of drug-likeness (QED) is 0.588. The minimum atomic E-state index is -0.924. The van der Waals surface area contributed by atoms with Crippen LogP contribution in [0.5, 0.6) is 0 Å². The predicted octanol–water partition coefficient (Wildman–Crippen LogP) is 1.55. The number of hydrogen-bond donors (Lipinski definition) is 2. The Kier molecular flexibility index (Phi) is 9.36. The van der Waals surface area contributed by atoms with Gasteiger partial charge in [-0.3, -0.25) is 3.63 Å². The van der Waals surface area contributed by atoms with E-state index in [2.05, 4.69) is 45.5 Å². The summed E-state index contributed by atoms with van der Waals surface area (Å²) < 4.78 is 6.71. The zero-order valence-electron chi connectivity index (χ0n) is 17.0. The second kappa shape index (κ2) is 10.7. The van der Waals surface area contributed by atoms with Crippen molar-refractivity contribution in [2.45, 2.75) is 12.8 Å². The molecule has 2 fully saturated rings. The first kappa shape index (κ1) is 21.8. The summed E-state index contributed by atoms with van der Waals surface area (Å²) in [7, 11) is -1.85. The van der Waals surface area contributed by atoms with Crippen molar-refractivity contribution in [1.82, 2.24) is 20.4 Å². The van der Waals surface area contributed by atoms with E-state index in [0.29, 0.717) is 0 Å². The van der Waals surface area contributed by atoms with Gasteiger partial charge in [0.2, 0.25) is 0 Å². The summed E-state index contributed by atoms with van der Waals surface area (Å²) in [6.45, 7) is 11.9. The summed E-state index contributed by atoms with van der Waals surface area (Å²) in [6.07, 6.45) is 12.0. The summed E-state index contributed by atoms with van der Waals surface area (Å²) in [5.74, 6) is 2.48. The Morgan fingerprint density at radius 3 is 1.40 bits per heavy atom. The fourth-order valence-electron chi connectivity index (χ4n) is 3.71. The molecule has 5 nitrogen and oxygen atoms in total. The second-order valence-corrected chi connectivity index (χ2v) is 15.3. The zero-order valence-corrected chi connectivity index (χ0v) is 18.7. The van der Waals surface area contributed by atoms with Crippen molar-refractivity contribution in [1.29, 1.82) is 0 Å². The number of hydrogen-bond acceptors (Lipinski definition) is 5. The topological polar surface area (TPSA) is 39.8 Å². The van der Waals surface area contributed by atoms with Gasteiger partial charge in [0.25, 0.3) is 0 Å². The highest BCUT2D eigenvalue weighted by atomic mass is 32.3. The van der Waals surface area contributed by atoms with Crippen LogP contribution in [0.3, 0.4) is 0 Å². The van der Waals surface area contributed by atoms with Gasteiger partial charge in [0.1, 0.15) is 0 Å². The number of nitrogens with one attached hydrogen (secondary N) is 2.